The highest BCUT2D eigenvalue weighted by Crippen LogP contribution is 2.24. The van der Waals surface area contributed by atoms with Gasteiger partial charge in [-0.3, -0.25) is 25.0 Å². The number of benzene rings is 2. The first kappa shape index (κ1) is 19.3. The summed E-state index contributed by atoms with van der Waals surface area (Å²) in [6.07, 6.45) is 1.29. The fourth-order valence-corrected chi connectivity index (χ4v) is 2.09. The number of rotatable bonds is 7. The van der Waals surface area contributed by atoms with Crippen molar-refractivity contribution in [1.29, 1.82) is 0 Å². The average Bonchev–Trinajstić information content (AvgIpc) is 2.67. The van der Waals surface area contributed by atoms with E-state index in [0.717, 1.165) is 18.2 Å². The van der Waals surface area contributed by atoms with Crippen LogP contribution >= 0.6 is 0 Å². The van der Waals surface area contributed by atoms with Crippen LogP contribution in [0.2, 0.25) is 0 Å². The summed E-state index contributed by atoms with van der Waals surface area (Å²) in [5.74, 6) is 0.167. The number of nitro benzene ring substituents is 2. The summed E-state index contributed by atoms with van der Waals surface area (Å²) in [6, 6.07) is 7.54. The van der Waals surface area contributed by atoms with Gasteiger partial charge < -0.3 is 9.47 Å². The van der Waals surface area contributed by atoms with Crippen LogP contribution in [0.15, 0.2) is 41.5 Å². The van der Waals surface area contributed by atoms with Crippen LogP contribution in [0.3, 0.4) is 0 Å². The molecule has 0 radical (unpaired) electrons. The Labute approximate surface area is 152 Å². The molecule has 0 heterocycles. The Bertz CT molecular complexity index is 895. The van der Waals surface area contributed by atoms with Crippen molar-refractivity contribution in [2.75, 3.05) is 14.2 Å². The molecule has 1 N–H and O–H groups in total. The third-order valence-electron chi connectivity index (χ3n) is 3.40. The van der Waals surface area contributed by atoms with E-state index >= 15 is 0 Å². The van der Waals surface area contributed by atoms with Crippen LogP contribution in [0.4, 0.5) is 11.4 Å². The van der Waals surface area contributed by atoms with Crippen molar-refractivity contribution >= 4 is 23.5 Å². The van der Waals surface area contributed by atoms with Gasteiger partial charge in [0.25, 0.3) is 17.3 Å². The minimum Gasteiger partial charge on any atom is -0.497 e. The van der Waals surface area contributed by atoms with Gasteiger partial charge in [-0.15, -0.1) is 0 Å². The molecule has 2 aromatic rings. The van der Waals surface area contributed by atoms with Gasteiger partial charge >= 0.3 is 0 Å². The third-order valence-corrected chi connectivity index (χ3v) is 3.40. The molecule has 0 unspecified atom stereocenters. The summed E-state index contributed by atoms with van der Waals surface area (Å²) in [7, 11) is 2.95. The lowest BCUT2D eigenvalue weighted by Crippen LogP contribution is -2.18. The standard InChI is InChI=1S/C16H14N4O7/c1-26-14-4-3-10(15(8-14)27-2)9-17-18-16(21)11-5-12(19(22)23)7-13(6-11)20(24)25/h3-9H,1-2H3,(H,18,21)/b17-9+. The number of non-ortho nitro benzene ring substituents is 2. The Morgan fingerprint density at radius 3 is 2.19 bits per heavy atom. The largest absolute Gasteiger partial charge is 0.497 e. The van der Waals surface area contributed by atoms with Crippen molar-refractivity contribution in [2.45, 2.75) is 0 Å². The first-order chi connectivity index (χ1) is 12.8. The number of carbonyl (C=O) groups is 1. The number of amides is 1. The number of hydrogen-bond acceptors (Lipinski definition) is 8. The van der Waals surface area contributed by atoms with E-state index in [2.05, 4.69) is 10.5 Å². The Balaban J connectivity index is 2.22. The second-order valence-corrected chi connectivity index (χ2v) is 5.06. The average molecular weight is 374 g/mol. The maximum Gasteiger partial charge on any atom is 0.277 e. The van der Waals surface area contributed by atoms with E-state index in [9.17, 15) is 25.0 Å². The maximum atomic E-state index is 12.1. The first-order valence-corrected chi connectivity index (χ1v) is 7.35. The lowest BCUT2D eigenvalue weighted by molar-refractivity contribution is -0.394. The van der Waals surface area contributed by atoms with Gasteiger partial charge in [-0.2, -0.15) is 5.10 Å². The molecule has 0 aromatic heterocycles. The van der Waals surface area contributed by atoms with Crippen LogP contribution < -0.4 is 14.9 Å². The summed E-state index contributed by atoms with van der Waals surface area (Å²) in [6.45, 7) is 0. The van der Waals surface area contributed by atoms with Crippen LogP contribution in [0, 0.1) is 20.2 Å². The van der Waals surface area contributed by atoms with E-state index in [4.69, 9.17) is 9.47 Å². The molecule has 0 saturated heterocycles. The fraction of sp³-hybridized carbons (Fsp3) is 0.125. The Hall–Kier alpha value is -4.02. The van der Waals surface area contributed by atoms with Crippen molar-refractivity contribution < 1.29 is 24.1 Å². The van der Waals surface area contributed by atoms with Crippen LogP contribution in [0.5, 0.6) is 11.5 Å². The van der Waals surface area contributed by atoms with Crippen molar-refractivity contribution in [3.8, 4) is 11.5 Å². The molecule has 27 heavy (non-hydrogen) atoms. The minimum absolute atomic E-state index is 0.269. The molecule has 0 bridgehead atoms. The molecule has 0 saturated carbocycles. The van der Waals surface area contributed by atoms with E-state index in [0.29, 0.717) is 17.1 Å². The zero-order valence-electron chi connectivity index (χ0n) is 14.2. The van der Waals surface area contributed by atoms with Crippen molar-refractivity contribution in [3.05, 3.63) is 67.8 Å². The molecule has 11 heteroatoms. The Kier molecular flexibility index (Phi) is 5.99. The molecule has 0 aliphatic rings. The van der Waals surface area contributed by atoms with Gasteiger partial charge in [0.1, 0.15) is 11.5 Å². The van der Waals surface area contributed by atoms with Crippen molar-refractivity contribution in [1.82, 2.24) is 5.43 Å². The monoisotopic (exact) mass is 374 g/mol. The number of hydrogen-bond donors (Lipinski definition) is 1. The van der Waals surface area contributed by atoms with E-state index < -0.39 is 27.1 Å². The molecular formula is C16H14N4O7. The topological polar surface area (TPSA) is 146 Å². The van der Waals surface area contributed by atoms with E-state index in [1.165, 1.54) is 20.4 Å². The SMILES string of the molecule is COc1ccc(/C=N/NC(=O)c2cc([N+](=O)[O-])cc([N+](=O)[O-])c2)c(OC)c1. The van der Waals surface area contributed by atoms with Crippen LogP contribution in [-0.4, -0.2) is 36.2 Å². The third kappa shape index (κ3) is 4.75. The smallest absolute Gasteiger partial charge is 0.277 e. The molecule has 11 nitrogen and oxygen atoms in total. The highest BCUT2D eigenvalue weighted by Gasteiger charge is 2.19. The van der Waals surface area contributed by atoms with Gasteiger partial charge in [0, 0.05) is 23.8 Å². The number of nitro groups is 2. The lowest BCUT2D eigenvalue weighted by atomic mass is 10.1. The molecule has 140 valence electrons. The molecule has 0 spiro atoms. The summed E-state index contributed by atoms with van der Waals surface area (Å²) in [5.41, 5.74) is 1.27. The zero-order chi connectivity index (χ0) is 20.0. The number of carbonyl (C=O) groups excluding carboxylic acids is 1. The molecule has 0 fully saturated rings. The quantitative estimate of drug-likeness (QED) is 0.444. The number of nitrogens with one attached hydrogen (secondary N) is 1. The minimum atomic E-state index is -0.842. The van der Waals surface area contributed by atoms with Crippen LogP contribution in [0.25, 0.3) is 0 Å². The molecule has 1 amide bonds. The molecule has 0 aliphatic heterocycles. The predicted octanol–water partition coefficient (Wildman–Crippen LogP) is 2.28. The number of nitrogens with zero attached hydrogens (tertiary/aromatic N) is 3. The normalized spacial score (nSPS) is 10.4. The maximum absolute atomic E-state index is 12.1. The van der Waals surface area contributed by atoms with Crippen molar-refractivity contribution in [2.24, 2.45) is 5.10 Å². The second kappa shape index (κ2) is 8.38. The van der Waals surface area contributed by atoms with Gasteiger partial charge in [0.05, 0.1) is 41.9 Å². The first-order valence-electron chi connectivity index (χ1n) is 7.35. The molecule has 2 aromatic carbocycles. The van der Waals surface area contributed by atoms with Gasteiger partial charge in [-0.25, -0.2) is 5.43 Å². The zero-order valence-corrected chi connectivity index (χ0v) is 14.2. The van der Waals surface area contributed by atoms with Gasteiger partial charge in [0.2, 0.25) is 0 Å². The Morgan fingerprint density at radius 1 is 1.04 bits per heavy atom. The Morgan fingerprint density at radius 2 is 1.67 bits per heavy atom. The summed E-state index contributed by atoms with van der Waals surface area (Å²) < 4.78 is 10.2. The second-order valence-electron chi connectivity index (χ2n) is 5.06. The van der Waals surface area contributed by atoms with Crippen LogP contribution in [-0.2, 0) is 0 Å². The molecule has 0 atom stereocenters. The molecular weight excluding hydrogens is 360 g/mol. The fourth-order valence-electron chi connectivity index (χ4n) is 2.09. The molecule has 0 aliphatic carbocycles. The van der Waals surface area contributed by atoms with Gasteiger partial charge in [-0.1, -0.05) is 0 Å². The van der Waals surface area contributed by atoms with E-state index in [-0.39, 0.29) is 5.56 Å². The van der Waals surface area contributed by atoms with E-state index in [1.807, 2.05) is 0 Å². The highest BCUT2D eigenvalue weighted by atomic mass is 16.6. The summed E-state index contributed by atoms with van der Waals surface area (Å²) in [5, 5.41) is 25.5. The molecule has 2 rings (SSSR count). The lowest BCUT2D eigenvalue weighted by Gasteiger charge is -2.07. The summed E-state index contributed by atoms with van der Waals surface area (Å²) in [4.78, 5) is 32.2. The number of methoxy groups -OCH3 is 2. The van der Waals surface area contributed by atoms with Crippen LogP contribution in [0.1, 0.15) is 15.9 Å². The van der Waals surface area contributed by atoms with Crippen molar-refractivity contribution in [3.63, 3.8) is 0 Å². The number of hydrazone groups is 1. The predicted molar refractivity (Wildman–Crippen MR) is 94.4 cm³/mol. The van der Waals surface area contributed by atoms with Gasteiger partial charge in [-0.05, 0) is 12.1 Å². The highest BCUT2D eigenvalue weighted by molar-refractivity contribution is 5.96. The number of ether oxygens (including phenoxy) is 2. The van der Waals surface area contributed by atoms with Gasteiger partial charge in [0.15, 0.2) is 0 Å². The van der Waals surface area contributed by atoms with E-state index in [1.54, 1.807) is 18.2 Å². The summed E-state index contributed by atoms with van der Waals surface area (Å²) >= 11 is 0.